The van der Waals surface area contributed by atoms with E-state index in [0.29, 0.717) is 11.3 Å². The van der Waals surface area contributed by atoms with Gasteiger partial charge in [0, 0.05) is 54.3 Å². The number of hydrogen-bond acceptors (Lipinski definition) is 10. The molecule has 0 aliphatic heterocycles. The summed E-state index contributed by atoms with van der Waals surface area (Å²) in [5, 5.41) is 19.8. The number of carbonyl (C=O) groups excluding carboxylic acids is 8. The first-order valence-electron chi connectivity index (χ1n) is 24.2. The fourth-order valence-corrected chi connectivity index (χ4v) is 7.83. The van der Waals surface area contributed by atoms with E-state index in [1.807, 2.05) is 42.5 Å². The Hall–Kier alpha value is -7.09. The van der Waals surface area contributed by atoms with Crippen LogP contribution in [-0.4, -0.2) is 111 Å². The van der Waals surface area contributed by atoms with Crippen molar-refractivity contribution in [3.8, 4) is 0 Å². The number of nitrogens with zero attached hydrogens (tertiary/aromatic N) is 1. The Morgan fingerprint density at radius 1 is 0.643 bits per heavy atom. The van der Waals surface area contributed by atoms with Crippen molar-refractivity contribution in [2.45, 2.75) is 148 Å². The van der Waals surface area contributed by atoms with Crippen LogP contribution in [0.4, 0.5) is 0 Å². The third-order valence-corrected chi connectivity index (χ3v) is 11.9. The van der Waals surface area contributed by atoms with Crippen molar-refractivity contribution in [1.29, 1.82) is 0 Å². The van der Waals surface area contributed by atoms with Gasteiger partial charge in [0.25, 0.3) is 0 Å². The Morgan fingerprint density at radius 2 is 1.27 bits per heavy atom. The van der Waals surface area contributed by atoms with Crippen molar-refractivity contribution in [3.63, 3.8) is 0 Å². The van der Waals surface area contributed by atoms with Gasteiger partial charge in [-0.15, -0.1) is 0 Å². The van der Waals surface area contributed by atoms with E-state index < -0.39 is 90.1 Å². The Labute approximate surface area is 409 Å². The van der Waals surface area contributed by atoms with Gasteiger partial charge in [-0.25, -0.2) is 4.98 Å². The maximum atomic E-state index is 14.1. The van der Waals surface area contributed by atoms with Gasteiger partial charge in [-0.3, -0.25) is 38.4 Å². The topological polar surface area (TPSA) is 317 Å². The first-order valence-corrected chi connectivity index (χ1v) is 24.2. The van der Waals surface area contributed by atoms with Gasteiger partial charge in [-0.05, 0) is 55.7 Å². The highest BCUT2D eigenvalue weighted by Crippen LogP contribution is 2.20. The zero-order valence-corrected chi connectivity index (χ0v) is 40.9. The number of amides is 8. The average molecular weight is 969 g/mol. The third kappa shape index (κ3) is 18.1. The predicted octanol–water partition coefficient (Wildman–Crippen LogP) is 1.59. The van der Waals surface area contributed by atoms with E-state index in [1.54, 1.807) is 38.4 Å². The van der Waals surface area contributed by atoms with Crippen molar-refractivity contribution >= 4 is 58.2 Å². The number of rotatable bonds is 30. The van der Waals surface area contributed by atoms with Crippen molar-refractivity contribution in [1.82, 2.24) is 52.2 Å². The second kappa shape index (κ2) is 28.4. The fourth-order valence-electron chi connectivity index (χ4n) is 7.83. The zero-order valence-electron chi connectivity index (χ0n) is 40.9. The molecule has 0 radical (unpaired) electrons. The van der Waals surface area contributed by atoms with Crippen molar-refractivity contribution < 1.29 is 38.4 Å². The summed E-state index contributed by atoms with van der Waals surface area (Å²) in [5.41, 5.74) is 14.5. The zero-order chi connectivity index (χ0) is 51.2. The van der Waals surface area contributed by atoms with Gasteiger partial charge in [0.1, 0.15) is 30.2 Å². The molecule has 2 heterocycles. The molecular formula is C50H72N12O8. The standard InChI is InChI=1S/C50H72N12O8/c1-6-8-17-34(18-9-7-2)58-49(69)41(25-35-27-53-29-56-35)59-43(64)28-55-50(70)44(30(3)4)62-45(65)31(5)57-48(68)40(24-33-26-54-38-20-14-13-19-36(33)38)61-47(67)39(21-22-42(52)63)60-46(66)37(51)23-32-15-11-10-12-16-32/h10-16,19-20,26-27,29-31,34,37,39-41,44,54H,6-9,17-18,21-25,28,51H2,1-5H3,(H2,52,63)(H,53,56)(H,55,70)(H,57,68)(H,58,69)(H,59,64)(H,60,66)(H,61,67)(H,62,65)/t31-,37-,39-,40-,41-,44-/m0/s1. The second-order valence-corrected chi connectivity index (χ2v) is 18.1. The van der Waals surface area contributed by atoms with Crippen LogP contribution >= 0.6 is 0 Å². The van der Waals surface area contributed by atoms with Gasteiger partial charge >= 0.3 is 0 Å². The van der Waals surface area contributed by atoms with Crippen LogP contribution in [0.25, 0.3) is 10.9 Å². The molecule has 70 heavy (non-hydrogen) atoms. The molecule has 0 saturated heterocycles. The normalized spacial score (nSPS) is 13.8. The van der Waals surface area contributed by atoms with Crippen molar-refractivity contribution in [2.75, 3.05) is 6.54 Å². The van der Waals surface area contributed by atoms with E-state index in [1.165, 1.54) is 13.3 Å². The molecule has 0 spiro atoms. The molecule has 0 aliphatic carbocycles. The smallest absolute Gasteiger partial charge is 0.243 e. The van der Waals surface area contributed by atoms with E-state index in [2.05, 4.69) is 66.0 Å². The third-order valence-electron chi connectivity index (χ3n) is 11.9. The predicted molar refractivity (Wildman–Crippen MR) is 265 cm³/mol. The van der Waals surface area contributed by atoms with Crippen LogP contribution in [-0.2, 0) is 57.6 Å². The molecule has 20 nitrogen and oxygen atoms in total. The summed E-state index contributed by atoms with van der Waals surface area (Å²) < 4.78 is 0. The minimum Gasteiger partial charge on any atom is -0.370 e. The highest BCUT2D eigenvalue weighted by Gasteiger charge is 2.33. The number of benzene rings is 2. The maximum absolute atomic E-state index is 14.1. The lowest BCUT2D eigenvalue weighted by atomic mass is 10.0. The van der Waals surface area contributed by atoms with Crippen LogP contribution in [0.3, 0.4) is 0 Å². The van der Waals surface area contributed by atoms with Gasteiger partial charge in [-0.1, -0.05) is 102 Å². The number of unbranched alkanes of at least 4 members (excludes halogenated alkanes) is 2. The van der Waals surface area contributed by atoms with Gasteiger partial charge < -0.3 is 58.7 Å². The molecular weight excluding hydrogens is 897 g/mol. The second-order valence-electron chi connectivity index (χ2n) is 18.1. The molecule has 6 atom stereocenters. The molecule has 2 aromatic carbocycles. The van der Waals surface area contributed by atoms with Crippen LogP contribution < -0.4 is 48.7 Å². The number of aromatic amines is 2. The molecule has 2 aromatic heterocycles. The van der Waals surface area contributed by atoms with E-state index in [-0.39, 0.29) is 44.1 Å². The molecule has 0 saturated carbocycles. The molecule has 0 bridgehead atoms. The summed E-state index contributed by atoms with van der Waals surface area (Å²) in [7, 11) is 0. The number of aromatic nitrogens is 3. The number of hydrogen-bond donors (Lipinski definition) is 11. The average Bonchev–Trinajstić information content (AvgIpc) is 4.01. The van der Waals surface area contributed by atoms with Gasteiger partial charge in [0.05, 0.1) is 18.9 Å². The Bertz CT molecular complexity index is 2330. The number of primary amides is 1. The first kappa shape index (κ1) is 55.5. The fraction of sp³-hybridized carbons (Fsp3) is 0.500. The maximum Gasteiger partial charge on any atom is 0.243 e. The number of carbonyl (C=O) groups is 8. The van der Waals surface area contributed by atoms with Gasteiger partial charge in [0.2, 0.25) is 47.3 Å². The highest BCUT2D eigenvalue weighted by atomic mass is 16.2. The SMILES string of the molecule is CCCCC(CCCC)NC(=O)[C@H](Cc1cnc[nH]1)NC(=O)CNC(=O)[C@@H](NC(=O)[C@H](C)NC(=O)[C@H](Cc1c[nH]c2ccccc12)NC(=O)[C@H](CCC(N)=O)NC(=O)[C@@H](N)Cc1ccccc1)C(C)C. The summed E-state index contributed by atoms with van der Waals surface area (Å²) in [4.78, 5) is 118. The lowest BCUT2D eigenvalue weighted by molar-refractivity contribution is -0.135. The molecule has 380 valence electrons. The van der Waals surface area contributed by atoms with E-state index in [9.17, 15) is 38.4 Å². The Balaban J connectivity index is 1.43. The number of H-pyrrole nitrogens is 2. The molecule has 13 N–H and O–H groups in total. The van der Waals surface area contributed by atoms with Crippen LogP contribution in [0.2, 0.25) is 0 Å². The molecule has 0 unspecified atom stereocenters. The summed E-state index contributed by atoms with van der Waals surface area (Å²) in [6.45, 7) is 8.47. The van der Waals surface area contributed by atoms with Gasteiger partial charge in [0.15, 0.2) is 0 Å². The van der Waals surface area contributed by atoms with Crippen molar-refractivity contribution in [3.05, 3.63) is 90.1 Å². The summed E-state index contributed by atoms with van der Waals surface area (Å²) >= 11 is 0. The molecule has 0 fully saturated rings. The Morgan fingerprint density at radius 3 is 1.91 bits per heavy atom. The number of nitrogens with two attached hydrogens (primary N) is 2. The van der Waals surface area contributed by atoms with E-state index in [4.69, 9.17) is 11.5 Å². The van der Waals surface area contributed by atoms with Crippen LogP contribution in [0.5, 0.6) is 0 Å². The lowest BCUT2D eigenvalue weighted by Crippen LogP contribution is -2.59. The summed E-state index contributed by atoms with van der Waals surface area (Å²) in [6, 6.07) is 9.31. The number of fused-ring (bicyclic) bond motifs is 1. The minimum absolute atomic E-state index is 0.0538. The quantitative estimate of drug-likeness (QED) is 0.0359. The first-order chi connectivity index (χ1) is 33.5. The Kier molecular flexibility index (Phi) is 22.5. The van der Waals surface area contributed by atoms with Crippen molar-refractivity contribution in [2.24, 2.45) is 17.4 Å². The highest BCUT2D eigenvalue weighted by molar-refractivity contribution is 5.97. The van der Waals surface area contributed by atoms with Crippen LogP contribution in [0.1, 0.15) is 103 Å². The number of imidazole rings is 1. The lowest BCUT2D eigenvalue weighted by Gasteiger charge is -2.26. The molecule has 4 rings (SSSR count). The molecule has 4 aromatic rings. The van der Waals surface area contributed by atoms with Gasteiger partial charge in [-0.2, -0.15) is 0 Å². The van der Waals surface area contributed by atoms with Crippen LogP contribution in [0, 0.1) is 5.92 Å². The van der Waals surface area contributed by atoms with E-state index in [0.717, 1.165) is 55.0 Å². The van der Waals surface area contributed by atoms with E-state index >= 15 is 0 Å². The summed E-state index contributed by atoms with van der Waals surface area (Å²) in [5.74, 6) is -5.81. The molecule has 8 amide bonds. The minimum atomic E-state index is -1.31. The largest absolute Gasteiger partial charge is 0.370 e. The number of nitrogens with one attached hydrogen (secondary N) is 9. The van der Waals surface area contributed by atoms with Crippen LogP contribution in [0.15, 0.2) is 73.3 Å². The molecule has 20 heteroatoms. The summed E-state index contributed by atoms with van der Waals surface area (Å²) in [6.07, 6.45) is 9.99. The molecule has 0 aliphatic rings. The monoisotopic (exact) mass is 969 g/mol. The number of para-hydroxylation sites is 1.